The number of hydrogen-bond donors (Lipinski definition) is 0. The van der Waals surface area contributed by atoms with Crippen LogP contribution in [0.5, 0.6) is 0 Å². The van der Waals surface area contributed by atoms with Crippen LogP contribution in [0.1, 0.15) is 10.6 Å². The quantitative estimate of drug-likeness (QED) is 0.531. The summed E-state index contributed by atoms with van der Waals surface area (Å²) in [5.74, 6) is 0.274. The molecule has 1 aromatic rings. The normalized spacial score (nSPS) is 10.2. The van der Waals surface area contributed by atoms with E-state index in [9.17, 15) is 4.79 Å². The second-order valence-corrected chi connectivity index (χ2v) is 3.02. The number of methoxy groups -OCH3 is 1. The maximum absolute atomic E-state index is 11.3. The minimum absolute atomic E-state index is 0.0705. The summed E-state index contributed by atoms with van der Waals surface area (Å²) in [4.78, 5) is 12.1. The van der Waals surface area contributed by atoms with Gasteiger partial charge in [0.25, 0.3) is 0 Å². The molecule has 12 heavy (non-hydrogen) atoms. The van der Waals surface area contributed by atoms with Crippen LogP contribution in [0.25, 0.3) is 0 Å². The third kappa shape index (κ3) is 1.89. The van der Waals surface area contributed by atoms with Crippen molar-refractivity contribution in [3.8, 4) is 0 Å². The van der Waals surface area contributed by atoms with Gasteiger partial charge in [-0.2, -0.15) is 0 Å². The van der Waals surface area contributed by atoms with Crippen molar-refractivity contribution in [3.63, 3.8) is 0 Å². The number of hydrogen-bond acceptors (Lipinski definition) is 4. The molecule has 0 aliphatic rings. The van der Waals surface area contributed by atoms with Crippen molar-refractivity contribution in [3.05, 3.63) is 18.1 Å². The molecule has 0 amide bonds. The van der Waals surface area contributed by atoms with Gasteiger partial charge in [-0.25, -0.2) is 0 Å². The lowest BCUT2D eigenvalue weighted by molar-refractivity contribution is 0.0816. The molecule has 0 saturated carbocycles. The molecule has 1 heterocycles. The maximum atomic E-state index is 11.3. The van der Waals surface area contributed by atoms with Gasteiger partial charge < -0.3 is 9.15 Å². The second-order valence-electron chi connectivity index (χ2n) is 2.17. The SMILES string of the molecule is COCC(=O)c1occc1SC. The highest BCUT2D eigenvalue weighted by Gasteiger charge is 2.13. The van der Waals surface area contributed by atoms with Gasteiger partial charge >= 0.3 is 0 Å². The van der Waals surface area contributed by atoms with Gasteiger partial charge in [0.2, 0.25) is 5.78 Å². The third-order valence-electron chi connectivity index (χ3n) is 1.38. The largest absolute Gasteiger partial charge is 0.460 e. The molecule has 0 fully saturated rings. The van der Waals surface area contributed by atoms with Crippen molar-refractivity contribution in [1.29, 1.82) is 0 Å². The molecule has 0 radical (unpaired) electrons. The van der Waals surface area contributed by atoms with E-state index in [1.807, 2.05) is 6.26 Å². The van der Waals surface area contributed by atoms with Crippen molar-refractivity contribution in [2.75, 3.05) is 20.0 Å². The molecule has 1 rings (SSSR count). The van der Waals surface area contributed by atoms with Crippen LogP contribution in [-0.4, -0.2) is 25.8 Å². The monoisotopic (exact) mass is 186 g/mol. The van der Waals surface area contributed by atoms with Crippen molar-refractivity contribution >= 4 is 17.5 Å². The van der Waals surface area contributed by atoms with Crippen molar-refractivity contribution in [1.82, 2.24) is 0 Å². The molecule has 0 saturated heterocycles. The predicted molar refractivity (Wildman–Crippen MR) is 46.7 cm³/mol. The van der Waals surface area contributed by atoms with Crippen LogP contribution in [0, 0.1) is 0 Å². The van der Waals surface area contributed by atoms with E-state index in [0.29, 0.717) is 5.76 Å². The molecule has 0 atom stereocenters. The van der Waals surface area contributed by atoms with Gasteiger partial charge in [0.15, 0.2) is 5.76 Å². The van der Waals surface area contributed by atoms with Gasteiger partial charge in [-0.1, -0.05) is 0 Å². The summed E-state index contributed by atoms with van der Waals surface area (Å²) in [6.45, 7) is 0.0705. The number of furan rings is 1. The molecule has 0 spiro atoms. The Morgan fingerprint density at radius 2 is 2.50 bits per heavy atom. The molecule has 3 nitrogen and oxygen atoms in total. The number of carbonyl (C=O) groups excluding carboxylic acids is 1. The summed E-state index contributed by atoms with van der Waals surface area (Å²) in [5.41, 5.74) is 0. The Hall–Kier alpha value is -0.740. The van der Waals surface area contributed by atoms with Gasteiger partial charge in [0.1, 0.15) is 6.61 Å². The fourth-order valence-electron chi connectivity index (χ4n) is 0.858. The Kier molecular flexibility index (Phi) is 3.37. The molecule has 4 heteroatoms. The highest BCUT2D eigenvalue weighted by molar-refractivity contribution is 7.98. The van der Waals surface area contributed by atoms with Gasteiger partial charge in [0, 0.05) is 7.11 Å². The predicted octanol–water partition coefficient (Wildman–Crippen LogP) is 1.83. The first kappa shape index (κ1) is 9.35. The van der Waals surface area contributed by atoms with Gasteiger partial charge in [-0.15, -0.1) is 11.8 Å². The van der Waals surface area contributed by atoms with E-state index >= 15 is 0 Å². The molecule has 1 aromatic heterocycles. The Morgan fingerprint density at radius 3 is 3.08 bits per heavy atom. The van der Waals surface area contributed by atoms with Crippen LogP contribution < -0.4 is 0 Å². The number of thioether (sulfide) groups is 1. The van der Waals surface area contributed by atoms with Crippen LogP contribution in [0.4, 0.5) is 0 Å². The van der Waals surface area contributed by atoms with E-state index in [1.165, 1.54) is 25.1 Å². The van der Waals surface area contributed by atoms with E-state index in [-0.39, 0.29) is 12.4 Å². The third-order valence-corrected chi connectivity index (χ3v) is 2.14. The molecule has 0 aromatic carbocycles. The van der Waals surface area contributed by atoms with E-state index in [4.69, 9.17) is 9.15 Å². The summed E-state index contributed by atoms with van der Waals surface area (Å²) in [6.07, 6.45) is 3.41. The lowest BCUT2D eigenvalue weighted by Gasteiger charge is -1.96. The molecule has 0 N–H and O–H groups in total. The maximum Gasteiger partial charge on any atom is 0.224 e. The highest BCUT2D eigenvalue weighted by Crippen LogP contribution is 2.21. The molecule has 0 bridgehead atoms. The van der Waals surface area contributed by atoms with Gasteiger partial charge in [0.05, 0.1) is 11.2 Å². The van der Waals surface area contributed by atoms with E-state index in [0.717, 1.165) is 4.90 Å². The van der Waals surface area contributed by atoms with Gasteiger partial charge in [-0.3, -0.25) is 4.79 Å². The average Bonchev–Trinajstić information content (AvgIpc) is 2.51. The van der Waals surface area contributed by atoms with Crippen molar-refractivity contribution < 1.29 is 13.9 Å². The minimum Gasteiger partial charge on any atom is -0.460 e. The number of carbonyl (C=O) groups is 1. The van der Waals surface area contributed by atoms with Crippen molar-refractivity contribution in [2.45, 2.75) is 4.90 Å². The van der Waals surface area contributed by atoms with Gasteiger partial charge in [-0.05, 0) is 12.3 Å². The average molecular weight is 186 g/mol. The number of Topliss-reactive ketones (excluding diaryl/α,β-unsaturated/α-hetero) is 1. The zero-order valence-electron chi connectivity index (χ0n) is 6.99. The lowest BCUT2D eigenvalue weighted by atomic mass is 10.3. The first-order valence-corrected chi connectivity index (χ1v) is 4.65. The molecule has 0 aliphatic carbocycles. The lowest BCUT2D eigenvalue weighted by Crippen LogP contribution is -2.06. The fourth-order valence-corrected chi connectivity index (χ4v) is 1.40. The number of ether oxygens (including phenoxy) is 1. The zero-order valence-corrected chi connectivity index (χ0v) is 7.81. The van der Waals surface area contributed by atoms with E-state index in [1.54, 1.807) is 6.07 Å². The fraction of sp³-hybridized carbons (Fsp3) is 0.375. The second kappa shape index (κ2) is 4.33. The molecule has 0 aliphatic heterocycles. The Morgan fingerprint density at radius 1 is 1.75 bits per heavy atom. The summed E-state index contributed by atoms with van der Waals surface area (Å²) in [6, 6.07) is 1.77. The number of ketones is 1. The van der Waals surface area contributed by atoms with Crippen LogP contribution in [0.3, 0.4) is 0 Å². The summed E-state index contributed by atoms with van der Waals surface area (Å²) < 4.78 is 9.73. The number of rotatable bonds is 4. The minimum atomic E-state index is -0.119. The van der Waals surface area contributed by atoms with E-state index < -0.39 is 0 Å². The smallest absolute Gasteiger partial charge is 0.224 e. The molecule has 66 valence electrons. The summed E-state index contributed by atoms with van der Waals surface area (Å²) in [5, 5.41) is 0. The Bertz CT molecular complexity index is 267. The first-order chi connectivity index (χ1) is 5.79. The van der Waals surface area contributed by atoms with E-state index in [2.05, 4.69) is 0 Å². The summed E-state index contributed by atoms with van der Waals surface area (Å²) in [7, 11) is 1.49. The van der Waals surface area contributed by atoms with Crippen LogP contribution >= 0.6 is 11.8 Å². The Labute approximate surface area is 75.1 Å². The van der Waals surface area contributed by atoms with Crippen LogP contribution in [0.15, 0.2) is 21.6 Å². The zero-order chi connectivity index (χ0) is 8.97. The first-order valence-electron chi connectivity index (χ1n) is 3.43. The topological polar surface area (TPSA) is 39.4 Å². The van der Waals surface area contributed by atoms with Crippen LogP contribution in [0.2, 0.25) is 0 Å². The highest BCUT2D eigenvalue weighted by atomic mass is 32.2. The van der Waals surface area contributed by atoms with Crippen LogP contribution in [-0.2, 0) is 4.74 Å². The summed E-state index contributed by atoms with van der Waals surface area (Å²) >= 11 is 1.49. The van der Waals surface area contributed by atoms with Crippen molar-refractivity contribution in [2.24, 2.45) is 0 Å². The molecular formula is C8H10O3S. The molecule has 0 unspecified atom stereocenters. The molecular weight excluding hydrogens is 176 g/mol. The Balaban J connectivity index is 2.79. The standard InChI is InChI=1S/C8H10O3S/c1-10-5-6(9)8-7(12-2)3-4-11-8/h3-4H,5H2,1-2H3.